The number of methoxy groups -OCH3 is 1. The molecule has 1 aromatic heterocycles. The minimum atomic E-state index is 0.626. The van der Waals surface area contributed by atoms with Gasteiger partial charge in [-0.05, 0) is 30.7 Å². The number of nitrogens with two attached hydrogens (primary N) is 1. The SMILES string of the molecule is COc1ccc(C)cc1Nc1cncc(N)c1. The van der Waals surface area contributed by atoms with Crippen molar-refractivity contribution in [1.29, 1.82) is 0 Å². The highest BCUT2D eigenvalue weighted by atomic mass is 16.5. The van der Waals surface area contributed by atoms with Crippen molar-refractivity contribution in [2.75, 3.05) is 18.2 Å². The van der Waals surface area contributed by atoms with Gasteiger partial charge in [-0.15, -0.1) is 0 Å². The van der Waals surface area contributed by atoms with Gasteiger partial charge in [-0.2, -0.15) is 0 Å². The third-order valence-corrected chi connectivity index (χ3v) is 2.39. The summed E-state index contributed by atoms with van der Waals surface area (Å²) in [7, 11) is 1.65. The molecule has 0 unspecified atom stereocenters. The second-order valence-electron chi connectivity index (χ2n) is 3.84. The summed E-state index contributed by atoms with van der Waals surface area (Å²) in [5.74, 6) is 0.790. The Kier molecular flexibility index (Phi) is 3.14. The lowest BCUT2D eigenvalue weighted by molar-refractivity contribution is 0.416. The molecule has 1 aromatic carbocycles. The number of hydrogen-bond acceptors (Lipinski definition) is 4. The van der Waals surface area contributed by atoms with E-state index in [0.29, 0.717) is 5.69 Å². The van der Waals surface area contributed by atoms with Crippen molar-refractivity contribution in [1.82, 2.24) is 4.98 Å². The Hall–Kier alpha value is -2.23. The molecule has 0 aliphatic rings. The first kappa shape index (κ1) is 11.3. The molecule has 0 bridgehead atoms. The van der Waals surface area contributed by atoms with Crippen LogP contribution in [0.25, 0.3) is 0 Å². The van der Waals surface area contributed by atoms with Crippen LogP contribution in [-0.2, 0) is 0 Å². The van der Waals surface area contributed by atoms with Crippen molar-refractivity contribution in [3.63, 3.8) is 0 Å². The van der Waals surface area contributed by atoms with Crippen molar-refractivity contribution in [3.05, 3.63) is 42.2 Å². The highest BCUT2D eigenvalue weighted by Gasteiger charge is 2.03. The van der Waals surface area contributed by atoms with E-state index in [1.165, 1.54) is 0 Å². The molecule has 2 aromatic rings. The highest BCUT2D eigenvalue weighted by molar-refractivity contribution is 5.68. The monoisotopic (exact) mass is 229 g/mol. The Bertz CT molecular complexity index is 526. The number of pyridine rings is 1. The molecule has 1 heterocycles. The van der Waals surface area contributed by atoms with Gasteiger partial charge < -0.3 is 15.8 Å². The van der Waals surface area contributed by atoms with E-state index in [1.54, 1.807) is 19.5 Å². The van der Waals surface area contributed by atoms with Crippen LogP contribution in [0, 0.1) is 6.92 Å². The van der Waals surface area contributed by atoms with E-state index in [2.05, 4.69) is 10.3 Å². The van der Waals surface area contributed by atoms with Crippen molar-refractivity contribution in [2.45, 2.75) is 6.92 Å². The van der Waals surface area contributed by atoms with Gasteiger partial charge in [-0.25, -0.2) is 0 Å². The van der Waals surface area contributed by atoms with Gasteiger partial charge in [-0.1, -0.05) is 6.07 Å². The lowest BCUT2D eigenvalue weighted by atomic mass is 10.2. The Balaban J connectivity index is 2.32. The van der Waals surface area contributed by atoms with Crippen LogP contribution in [0.15, 0.2) is 36.7 Å². The van der Waals surface area contributed by atoms with Crippen LogP contribution in [0.3, 0.4) is 0 Å². The number of aromatic nitrogens is 1. The third-order valence-electron chi connectivity index (χ3n) is 2.39. The Morgan fingerprint density at radius 3 is 2.76 bits per heavy atom. The van der Waals surface area contributed by atoms with Crippen LogP contribution in [0.4, 0.5) is 17.1 Å². The number of nitrogens with zero attached hydrogens (tertiary/aromatic N) is 1. The number of ether oxygens (including phenoxy) is 1. The predicted octanol–water partition coefficient (Wildman–Crippen LogP) is 2.72. The van der Waals surface area contributed by atoms with Gasteiger partial charge in [0.2, 0.25) is 0 Å². The van der Waals surface area contributed by atoms with Crippen LogP contribution in [0.2, 0.25) is 0 Å². The van der Waals surface area contributed by atoms with E-state index in [-0.39, 0.29) is 0 Å². The molecule has 4 heteroatoms. The zero-order valence-corrected chi connectivity index (χ0v) is 9.90. The predicted molar refractivity (Wildman–Crippen MR) is 69.7 cm³/mol. The molecule has 0 spiro atoms. The number of nitrogen functional groups attached to an aromatic ring is 1. The third kappa shape index (κ3) is 2.66. The maximum Gasteiger partial charge on any atom is 0.142 e. The van der Waals surface area contributed by atoms with E-state index >= 15 is 0 Å². The summed E-state index contributed by atoms with van der Waals surface area (Å²) < 4.78 is 5.29. The van der Waals surface area contributed by atoms with Crippen LogP contribution in [0.1, 0.15) is 5.56 Å². The molecule has 0 radical (unpaired) electrons. The van der Waals surface area contributed by atoms with Crippen molar-refractivity contribution in [2.24, 2.45) is 0 Å². The summed E-state index contributed by atoms with van der Waals surface area (Å²) in [5, 5.41) is 3.24. The molecule has 3 N–H and O–H groups in total. The van der Waals surface area contributed by atoms with Crippen LogP contribution < -0.4 is 15.8 Å². The average Bonchev–Trinajstić information content (AvgIpc) is 2.29. The van der Waals surface area contributed by atoms with E-state index in [0.717, 1.165) is 22.7 Å². The Morgan fingerprint density at radius 1 is 1.24 bits per heavy atom. The summed E-state index contributed by atoms with van der Waals surface area (Å²) in [6, 6.07) is 7.77. The highest BCUT2D eigenvalue weighted by Crippen LogP contribution is 2.28. The number of hydrogen-bond donors (Lipinski definition) is 2. The first-order valence-corrected chi connectivity index (χ1v) is 5.31. The summed E-state index contributed by atoms with van der Waals surface area (Å²) in [6.45, 7) is 2.03. The molecule has 0 aliphatic heterocycles. The smallest absolute Gasteiger partial charge is 0.142 e. The summed E-state index contributed by atoms with van der Waals surface area (Å²) in [4.78, 5) is 4.03. The zero-order chi connectivity index (χ0) is 12.3. The Morgan fingerprint density at radius 2 is 2.06 bits per heavy atom. The number of benzene rings is 1. The molecule has 2 rings (SSSR count). The molecule has 0 saturated heterocycles. The second kappa shape index (κ2) is 4.74. The summed E-state index contributed by atoms with van der Waals surface area (Å²) in [5.41, 5.74) is 9.21. The lowest BCUT2D eigenvalue weighted by Gasteiger charge is -2.11. The summed E-state index contributed by atoms with van der Waals surface area (Å²) in [6.07, 6.45) is 3.33. The van der Waals surface area contributed by atoms with Gasteiger partial charge in [0.1, 0.15) is 5.75 Å². The summed E-state index contributed by atoms with van der Waals surface area (Å²) >= 11 is 0. The van der Waals surface area contributed by atoms with Gasteiger partial charge in [0.05, 0.1) is 30.4 Å². The average molecular weight is 229 g/mol. The fraction of sp³-hybridized carbons (Fsp3) is 0.154. The fourth-order valence-corrected chi connectivity index (χ4v) is 1.60. The van der Waals surface area contributed by atoms with E-state index in [9.17, 15) is 0 Å². The lowest BCUT2D eigenvalue weighted by Crippen LogP contribution is -1.96. The number of rotatable bonds is 3. The molecule has 88 valence electrons. The maximum atomic E-state index is 5.68. The topological polar surface area (TPSA) is 60.2 Å². The fourth-order valence-electron chi connectivity index (χ4n) is 1.60. The molecule has 4 nitrogen and oxygen atoms in total. The quantitative estimate of drug-likeness (QED) is 0.849. The number of aryl methyl sites for hydroxylation is 1. The molecule has 0 aliphatic carbocycles. The van der Waals surface area contributed by atoms with Crippen LogP contribution >= 0.6 is 0 Å². The van der Waals surface area contributed by atoms with Crippen molar-refractivity contribution < 1.29 is 4.74 Å². The number of anilines is 3. The van der Waals surface area contributed by atoms with E-state index < -0.39 is 0 Å². The minimum absolute atomic E-state index is 0.626. The molecule has 0 saturated carbocycles. The molecule has 0 atom stereocenters. The molecule has 17 heavy (non-hydrogen) atoms. The van der Waals surface area contributed by atoms with Gasteiger partial charge in [0, 0.05) is 6.20 Å². The minimum Gasteiger partial charge on any atom is -0.495 e. The van der Waals surface area contributed by atoms with E-state index in [4.69, 9.17) is 10.5 Å². The van der Waals surface area contributed by atoms with Gasteiger partial charge in [0.15, 0.2) is 0 Å². The standard InChI is InChI=1S/C13H15N3O/c1-9-3-4-13(17-2)12(5-9)16-11-6-10(14)7-15-8-11/h3-8,16H,14H2,1-2H3. The van der Waals surface area contributed by atoms with Gasteiger partial charge in [-0.3, -0.25) is 4.98 Å². The van der Waals surface area contributed by atoms with Crippen molar-refractivity contribution in [3.8, 4) is 5.75 Å². The zero-order valence-electron chi connectivity index (χ0n) is 9.90. The largest absolute Gasteiger partial charge is 0.495 e. The first-order valence-electron chi connectivity index (χ1n) is 5.31. The molecular weight excluding hydrogens is 214 g/mol. The van der Waals surface area contributed by atoms with E-state index in [1.807, 2.05) is 31.2 Å². The van der Waals surface area contributed by atoms with Crippen LogP contribution in [-0.4, -0.2) is 12.1 Å². The molecule has 0 fully saturated rings. The molecular formula is C13H15N3O. The first-order chi connectivity index (χ1) is 8.19. The van der Waals surface area contributed by atoms with Crippen molar-refractivity contribution >= 4 is 17.1 Å². The normalized spacial score (nSPS) is 10.0. The Labute approximate surface area is 100 Å². The maximum absolute atomic E-state index is 5.68. The molecule has 0 amide bonds. The number of nitrogens with one attached hydrogen (secondary N) is 1. The van der Waals surface area contributed by atoms with Gasteiger partial charge in [0.25, 0.3) is 0 Å². The van der Waals surface area contributed by atoms with Crippen LogP contribution in [0.5, 0.6) is 5.75 Å². The van der Waals surface area contributed by atoms with Gasteiger partial charge >= 0.3 is 0 Å². The second-order valence-corrected chi connectivity index (χ2v) is 3.84.